The molecule has 1 heterocycles. The molecular formula is C16H23N3. The van der Waals surface area contributed by atoms with Gasteiger partial charge in [0.1, 0.15) is 0 Å². The molecule has 19 heavy (non-hydrogen) atoms. The fraction of sp³-hybridized carbons (Fsp3) is 0.438. The first-order valence-corrected chi connectivity index (χ1v) is 7.06. The predicted octanol–water partition coefficient (Wildman–Crippen LogP) is 3.63. The Kier molecular flexibility index (Phi) is 4.74. The summed E-state index contributed by atoms with van der Waals surface area (Å²) in [5.41, 5.74) is 3.74. The van der Waals surface area contributed by atoms with E-state index in [1.165, 1.54) is 16.8 Å². The lowest BCUT2D eigenvalue weighted by Crippen LogP contribution is -2.14. The van der Waals surface area contributed by atoms with E-state index in [2.05, 4.69) is 66.2 Å². The Morgan fingerprint density at radius 1 is 1.21 bits per heavy atom. The highest BCUT2D eigenvalue weighted by atomic mass is 15.3. The van der Waals surface area contributed by atoms with Crippen LogP contribution in [0.15, 0.2) is 36.5 Å². The second-order valence-corrected chi connectivity index (χ2v) is 5.10. The second kappa shape index (κ2) is 6.53. The standard InChI is InChI=1S/C16H23N3/c1-4-10-17-11-15-12-18-19(13(2)3)16(15)14-8-6-5-7-9-14/h5-9,12-13,17H,4,10-11H2,1-3H3. The molecule has 0 saturated carbocycles. The van der Waals surface area contributed by atoms with Crippen LogP contribution in [0.4, 0.5) is 0 Å². The third-order valence-electron chi connectivity index (χ3n) is 3.15. The molecule has 0 aliphatic rings. The zero-order valence-corrected chi connectivity index (χ0v) is 12.1. The Morgan fingerprint density at radius 3 is 2.58 bits per heavy atom. The van der Waals surface area contributed by atoms with Gasteiger partial charge in [0.25, 0.3) is 0 Å². The summed E-state index contributed by atoms with van der Waals surface area (Å²) in [6.07, 6.45) is 3.14. The molecule has 0 unspecified atom stereocenters. The van der Waals surface area contributed by atoms with Crippen molar-refractivity contribution in [2.45, 2.75) is 39.8 Å². The second-order valence-electron chi connectivity index (χ2n) is 5.10. The van der Waals surface area contributed by atoms with Gasteiger partial charge in [0.05, 0.1) is 11.9 Å². The molecule has 0 amide bonds. The average molecular weight is 257 g/mol. The number of rotatable bonds is 6. The van der Waals surface area contributed by atoms with E-state index in [-0.39, 0.29) is 0 Å². The fourth-order valence-corrected chi connectivity index (χ4v) is 2.23. The maximum absolute atomic E-state index is 4.55. The molecule has 0 bridgehead atoms. The fourth-order valence-electron chi connectivity index (χ4n) is 2.23. The molecule has 0 radical (unpaired) electrons. The maximum Gasteiger partial charge on any atom is 0.0730 e. The SMILES string of the molecule is CCCNCc1cnn(C(C)C)c1-c1ccccc1. The molecule has 0 spiro atoms. The van der Waals surface area contributed by atoms with E-state index in [1.54, 1.807) is 0 Å². The van der Waals surface area contributed by atoms with Crippen molar-refractivity contribution in [3.63, 3.8) is 0 Å². The Labute approximate surface area is 115 Å². The highest BCUT2D eigenvalue weighted by Crippen LogP contribution is 2.26. The maximum atomic E-state index is 4.55. The summed E-state index contributed by atoms with van der Waals surface area (Å²) in [6, 6.07) is 10.9. The van der Waals surface area contributed by atoms with Gasteiger partial charge in [0.15, 0.2) is 0 Å². The van der Waals surface area contributed by atoms with Crippen LogP contribution in [-0.2, 0) is 6.54 Å². The van der Waals surface area contributed by atoms with Crippen LogP contribution in [0, 0.1) is 0 Å². The van der Waals surface area contributed by atoms with Gasteiger partial charge < -0.3 is 5.32 Å². The monoisotopic (exact) mass is 257 g/mol. The Morgan fingerprint density at radius 2 is 1.95 bits per heavy atom. The van der Waals surface area contributed by atoms with Gasteiger partial charge in [0.2, 0.25) is 0 Å². The summed E-state index contributed by atoms with van der Waals surface area (Å²) < 4.78 is 2.11. The molecule has 0 fully saturated rings. The van der Waals surface area contributed by atoms with Crippen molar-refractivity contribution in [3.8, 4) is 11.3 Å². The van der Waals surface area contributed by atoms with E-state index in [0.29, 0.717) is 6.04 Å². The van der Waals surface area contributed by atoms with Crippen LogP contribution in [-0.4, -0.2) is 16.3 Å². The average Bonchev–Trinajstić information content (AvgIpc) is 2.84. The lowest BCUT2D eigenvalue weighted by Gasteiger charge is -2.13. The highest BCUT2D eigenvalue weighted by Gasteiger charge is 2.14. The lowest BCUT2D eigenvalue weighted by atomic mass is 10.1. The molecule has 3 heteroatoms. The number of hydrogen-bond donors (Lipinski definition) is 1. The molecule has 0 aliphatic heterocycles. The van der Waals surface area contributed by atoms with E-state index >= 15 is 0 Å². The highest BCUT2D eigenvalue weighted by molar-refractivity contribution is 5.63. The summed E-state index contributed by atoms with van der Waals surface area (Å²) in [6.45, 7) is 8.44. The van der Waals surface area contributed by atoms with Gasteiger partial charge in [-0.15, -0.1) is 0 Å². The minimum atomic E-state index is 0.370. The summed E-state index contributed by atoms with van der Waals surface area (Å²) in [4.78, 5) is 0. The first-order valence-electron chi connectivity index (χ1n) is 7.06. The van der Waals surface area contributed by atoms with Gasteiger partial charge in [0, 0.05) is 23.7 Å². The van der Waals surface area contributed by atoms with Crippen LogP contribution >= 0.6 is 0 Å². The van der Waals surface area contributed by atoms with Crippen molar-refractivity contribution < 1.29 is 0 Å². The van der Waals surface area contributed by atoms with Crippen molar-refractivity contribution in [1.82, 2.24) is 15.1 Å². The summed E-state index contributed by atoms with van der Waals surface area (Å²) in [7, 11) is 0. The van der Waals surface area contributed by atoms with E-state index in [0.717, 1.165) is 19.5 Å². The molecule has 1 N–H and O–H groups in total. The van der Waals surface area contributed by atoms with Crippen LogP contribution < -0.4 is 5.32 Å². The van der Waals surface area contributed by atoms with Gasteiger partial charge in [-0.2, -0.15) is 5.10 Å². The number of nitrogens with zero attached hydrogens (tertiary/aromatic N) is 2. The molecule has 2 rings (SSSR count). The van der Waals surface area contributed by atoms with Crippen molar-refractivity contribution in [2.75, 3.05) is 6.54 Å². The van der Waals surface area contributed by atoms with Gasteiger partial charge in [-0.1, -0.05) is 37.3 Å². The molecule has 102 valence electrons. The van der Waals surface area contributed by atoms with Gasteiger partial charge >= 0.3 is 0 Å². The third kappa shape index (κ3) is 3.24. The number of aromatic nitrogens is 2. The zero-order valence-electron chi connectivity index (χ0n) is 12.1. The summed E-state index contributed by atoms with van der Waals surface area (Å²) in [5.74, 6) is 0. The predicted molar refractivity (Wildman–Crippen MR) is 80.0 cm³/mol. The van der Waals surface area contributed by atoms with Crippen LogP contribution in [0.5, 0.6) is 0 Å². The summed E-state index contributed by atoms with van der Waals surface area (Å²) in [5, 5.41) is 8.01. The largest absolute Gasteiger partial charge is 0.313 e. The minimum Gasteiger partial charge on any atom is -0.313 e. The normalized spacial score (nSPS) is 11.2. The topological polar surface area (TPSA) is 29.9 Å². The Balaban J connectivity index is 2.34. The Bertz CT molecular complexity index is 500. The number of hydrogen-bond acceptors (Lipinski definition) is 2. The summed E-state index contributed by atoms with van der Waals surface area (Å²) >= 11 is 0. The van der Waals surface area contributed by atoms with Gasteiger partial charge in [-0.05, 0) is 26.8 Å². The minimum absolute atomic E-state index is 0.370. The lowest BCUT2D eigenvalue weighted by molar-refractivity contribution is 0.538. The van der Waals surface area contributed by atoms with Crippen LogP contribution in [0.1, 0.15) is 38.8 Å². The molecule has 0 saturated heterocycles. The first-order chi connectivity index (χ1) is 9.24. The van der Waals surface area contributed by atoms with Gasteiger partial charge in [-0.25, -0.2) is 0 Å². The van der Waals surface area contributed by atoms with Crippen molar-refractivity contribution in [2.24, 2.45) is 0 Å². The van der Waals surface area contributed by atoms with Crippen molar-refractivity contribution >= 4 is 0 Å². The molecule has 1 aromatic carbocycles. The molecule has 0 atom stereocenters. The molecular weight excluding hydrogens is 234 g/mol. The molecule has 2 aromatic rings. The number of nitrogens with one attached hydrogen (secondary N) is 1. The molecule has 3 nitrogen and oxygen atoms in total. The van der Waals surface area contributed by atoms with E-state index in [4.69, 9.17) is 0 Å². The van der Waals surface area contributed by atoms with Crippen LogP contribution in [0.2, 0.25) is 0 Å². The zero-order chi connectivity index (χ0) is 13.7. The third-order valence-corrected chi connectivity index (χ3v) is 3.15. The number of benzene rings is 1. The molecule has 0 aliphatic carbocycles. The quantitative estimate of drug-likeness (QED) is 0.801. The van der Waals surface area contributed by atoms with E-state index in [9.17, 15) is 0 Å². The van der Waals surface area contributed by atoms with E-state index in [1.807, 2.05) is 6.20 Å². The van der Waals surface area contributed by atoms with Crippen molar-refractivity contribution in [1.29, 1.82) is 0 Å². The van der Waals surface area contributed by atoms with Crippen molar-refractivity contribution in [3.05, 3.63) is 42.1 Å². The Hall–Kier alpha value is -1.61. The molecule has 1 aromatic heterocycles. The van der Waals surface area contributed by atoms with Crippen LogP contribution in [0.3, 0.4) is 0 Å². The van der Waals surface area contributed by atoms with Crippen LogP contribution in [0.25, 0.3) is 11.3 Å². The van der Waals surface area contributed by atoms with Gasteiger partial charge in [-0.3, -0.25) is 4.68 Å². The van der Waals surface area contributed by atoms with E-state index < -0.39 is 0 Å². The first kappa shape index (κ1) is 13.8. The smallest absolute Gasteiger partial charge is 0.0730 e.